The molecule has 2 aromatic rings. The molecule has 0 bridgehead atoms. The van der Waals surface area contributed by atoms with Crippen molar-refractivity contribution in [3.63, 3.8) is 0 Å². The van der Waals surface area contributed by atoms with Crippen molar-refractivity contribution in [3.05, 3.63) is 40.2 Å². The fraction of sp³-hybridized carbons (Fsp3) is 0.231. The molecule has 0 unspecified atom stereocenters. The fourth-order valence-corrected chi connectivity index (χ4v) is 1.96. The van der Waals surface area contributed by atoms with Gasteiger partial charge in [0.1, 0.15) is 11.3 Å². The van der Waals surface area contributed by atoms with Gasteiger partial charge >= 0.3 is 5.97 Å². The van der Waals surface area contributed by atoms with E-state index in [0.29, 0.717) is 23.3 Å². The minimum absolute atomic E-state index is 0.237. The third kappa shape index (κ3) is 1.84. The van der Waals surface area contributed by atoms with Crippen LogP contribution in [0, 0.1) is 0 Å². The van der Waals surface area contributed by atoms with E-state index < -0.39 is 11.4 Å². The number of nitrogens with zero attached hydrogens (tertiary/aromatic N) is 1. The van der Waals surface area contributed by atoms with Crippen LogP contribution in [0.15, 0.2) is 29.2 Å². The Morgan fingerprint density at radius 1 is 1.44 bits per heavy atom. The summed E-state index contributed by atoms with van der Waals surface area (Å²) in [7, 11) is 1.69. The number of para-hydroxylation sites is 1. The molecule has 0 amide bonds. The molecule has 0 aliphatic carbocycles. The lowest BCUT2D eigenvalue weighted by atomic mass is 10.1. The number of pyridine rings is 1. The Morgan fingerprint density at radius 3 is 2.78 bits per heavy atom. The van der Waals surface area contributed by atoms with Gasteiger partial charge in [-0.3, -0.25) is 4.79 Å². The normalized spacial score (nSPS) is 10.6. The van der Waals surface area contributed by atoms with Crippen LogP contribution in [0.25, 0.3) is 10.9 Å². The molecule has 1 heterocycles. The van der Waals surface area contributed by atoms with Crippen molar-refractivity contribution in [1.29, 1.82) is 0 Å². The average Bonchev–Trinajstić information content (AvgIpc) is 2.33. The number of rotatable bonds is 3. The third-order valence-corrected chi connectivity index (χ3v) is 2.69. The number of carboxylic acids is 1. The molecule has 18 heavy (non-hydrogen) atoms. The van der Waals surface area contributed by atoms with Gasteiger partial charge in [0.05, 0.1) is 17.5 Å². The molecule has 94 valence electrons. The van der Waals surface area contributed by atoms with Gasteiger partial charge in [-0.05, 0) is 19.1 Å². The van der Waals surface area contributed by atoms with Crippen molar-refractivity contribution in [1.82, 2.24) is 4.57 Å². The van der Waals surface area contributed by atoms with E-state index in [0.717, 1.165) is 0 Å². The first-order chi connectivity index (χ1) is 8.56. The maximum absolute atomic E-state index is 12.0. The van der Waals surface area contributed by atoms with E-state index in [1.807, 2.05) is 6.92 Å². The number of benzene rings is 1. The highest BCUT2D eigenvalue weighted by atomic mass is 16.5. The highest BCUT2D eigenvalue weighted by molar-refractivity contribution is 5.94. The van der Waals surface area contributed by atoms with Crippen molar-refractivity contribution in [2.45, 2.75) is 6.92 Å². The minimum atomic E-state index is -1.22. The Labute approximate surface area is 103 Å². The second-order valence-electron chi connectivity index (χ2n) is 3.87. The van der Waals surface area contributed by atoms with Crippen molar-refractivity contribution in [2.24, 2.45) is 7.05 Å². The van der Waals surface area contributed by atoms with Gasteiger partial charge in [-0.1, -0.05) is 6.07 Å². The van der Waals surface area contributed by atoms with Crippen LogP contribution < -0.4 is 10.2 Å². The van der Waals surface area contributed by atoms with Gasteiger partial charge in [0, 0.05) is 13.2 Å². The predicted molar refractivity (Wildman–Crippen MR) is 67.3 cm³/mol. The topological polar surface area (TPSA) is 68.5 Å². The smallest absolute Gasteiger partial charge is 0.341 e. The molecule has 1 N–H and O–H groups in total. The number of hydrogen-bond donors (Lipinski definition) is 1. The molecule has 0 aliphatic rings. The van der Waals surface area contributed by atoms with E-state index in [1.165, 1.54) is 6.20 Å². The molecule has 0 spiro atoms. The molecular weight excluding hydrogens is 234 g/mol. The van der Waals surface area contributed by atoms with Crippen LogP contribution >= 0.6 is 0 Å². The number of ether oxygens (including phenoxy) is 1. The lowest BCUT2D eigenvalue weighted by molar-refractivity contribution is 0.0695. The van der Waals surface area contributed by atoms with Crippen LogP contribution in [0.3, 0.4) is 0 Å². The maximum atomic E-state index is 12.0. The first-order valence-corrected chi connectivity index (χ1v) is 5.54. The summed E-state index contributed by atoms with van der Waals surface area (Å²) < 4.78 is 7.05. The molecule has 0 radical (unpaired) electrons. The predicted octanol–water partition coefficient (Wildman–Crippen LogP) is 1.64. The molecule has 0 saturated carbocycles. The molecule has 0 saturated heterocycles. The molecule has 1 aromatic heterocycles. The number of aromatic carboxylic acids is 1. The molecule has 0 fully saturated rings. The largest absolute Gasteiger partial charge is 0.492 e. The first-order valence-electron chi connectivity index (χ1n) is 5.54. The van der Waals surface area contributed by atoms with Crippen LogP contribution in [0.5, 0.6) is 5.75 Å². The highest BCUT2D eigenvalue weighted by Crippen LogP contribution is 2.23. The maximum Gasteiger partial charge on any atom is 0.341 e. The van der Waals surface area contributed by atoms with Crippen molar-refractivity contribution < 1.29 is 14.6 Å². The lowest BCUT2D eigenvalue weighted by Crippen LogP contribution is -2.18. The van der Waals surface area contributed by atoms with Crippen LogP contribution in [-0.2, 0) is 7.05 Å². The SMILES string of the molecule is CCOc1cccc2c(=O)c(C(=O)O)cn(C)c12. The molecule has 5 nitrogen and oxygen atoms in total. The zero-order chi connectivity index (χ0) is 13.3. The van der Waals surface area contributed by atoms with Gasteiger partial charge in [-0.2, -0.15) is 0 Å². The Morgan fingerprint density at radius 2 is 2.17 bits per heavy atom. The van der Waals surface area contributed by atoms with E-state index in [4.69, 9.17) is 9.84 Å². The van der Waals surface area contributed by atoms with Crippen molar-refractivity contribution in [3.8, 4) is 5.75 Å². The van der Waals surface area contributed by atoms with Crippen LogP contribution in [0.2, 0.25) is 0 Å². The highest BCUT2D eigenvalue weighted by Gasteiger charge is 2.15. The second-order valence-corrected chi connectivity index (χ2v) is 3.87. The molecular formula is C13H13NO4. The Kier molecular flexibility index (Phi) is 3.06. The third-order valence-electron chi connectivity index (χ3n) is 2.69. The van der Waals surface area contributed by atoms with Gasteiger partial charge in [0.15, 0.2) is 0 Å². The molecule has 0 atom stereocenters. The van der Waals surface area contributed by atoms with E-state index in [9.17, 15) is 9.59 Å². The zero-order valence-corrected chi connectivity index (χ0v) is 10.1. The zero-order valence-electron chi connectivity index (χ0n) is 10.1. The summed E-state index contributed by atoms with van der Waals surface area (Å²) in [6.07, 6.45) is 1.32. The van der Waals surface area contributed by atoms with E-state index in [1.54, 1.807) is 29.8 Å². The van der Waals surface area contributed by atoms with Gasteiger partial charge < -0.3 is 14.4 Å². The van der Waals surface area contributed by atoms with Crippen molar-refractivity contribution >= 4 is 16.9 Å². The standard InChI is InChI=1S/C13H13NO4/c1-3-18-10-6-4-5-8-11(10)14(2)7-9(12(8)15)13(16)17/h4-7H,3H2,1-2H3,(H,16,17). The molecule has 1 aromatic carbocycles. The van der Waals surface area contributed by atoms with Gasteiger partial charge in [0.2, 0.25) is 5.43 Å². The summed E-state index contributed by atoms with van der Waals surface area (Å²) in [4.78, 5) is 23.0. The number of fused-ring (bicyclic) bond motifs is 1. The summed E-state index contributed by atoms with van der Waals surface area (Å²) in [5, 5.41) is 9.33. The Bertz CT molecular complexity index is 672. The van der Waals surface area contributed by atoms with Gasteiger partial charge in [0.25, 0.3) is 0 Å². The van der Waals surface area contributed by atoms with E-state index in [2.05, 4.69) is 0 Å². The Balaban J connectivity index is 2.87. The first kappa shape index (κ1) is 12.2. The molecule has 5 heteroatoms. The van der Waals surface area contributed by atoms with Crippen LogP contribution in [0.4, 0.5) is 0 Å². The number of aromatic nitrogens is 1. The van der Waals surface area contributed by atoms with Crippen LogP contribution in [0.1, 0.15) is 17.3 Å². The second kappa shape index (κ2) is 4.52. The number of hydrogen-bond acceptors (Lipinski definition) is 3. The van der Waals surface area contributed by atoms with E-state index in [-0.39, 0.29) is 5.56 Å². The van der Waals surface area contributed by atoms with Crippen LogP contribution in [-0.4, -0.2) is 22.2 Å². The quantitative estimate of drug-likeness (QED) is 0.895. The monoisotopic (exact) mass is 247 g/mol. The summed E-state index contributed by atoms with van der Waals surface area (Å²) in [6, 6.07) is 5.04. The molecule has 2 rings (SSSR count). The minimum Gasteiger partial charge on any atom is -0.492 e. The van der Waals surface area contributed by atoms with Gasteiger partial charge in [-0.15, -0.1) is 0 Å². The number of carbonyl (C=O) groups is 1. The lowest BCUT2D eigenvalue weighted by Gasteiger charge is -2.11. The summed E-state index contributed by atoms with van der Waals surface area (Å²) in [6.45, 7) is 2.33. The van der Waals surface area contributed by atoms with Crippen molar-refractivity contribution in [2.75, 3.05) is 6.61 Å². The van der Waals surface area contributed by atoms with Gasteiger partial charge in [-0.25, -0.2) is 4.79 Å². The summed E-state index contributed by atoms with van der Waals surface area (Å²) in [5.41, 5.74) is -0.120. The summed E-state index contributed by atoms with van der Waals surface area (Å²) >= 11 is 0. The average molecular weight is 247 g/mol. The number of carboxylic acid groups (broad SMARTS) is 1. The molecule has 0 aliphatic heterocycles. The van der Waals surface area contributed by atoms with E-state index >= 15 is 0 Å². The summed E-state index contributed by atoms with van der Waals surface area (Å²) in [5.74, 6) is -0.647. The Hall–Kier alpha value is -2.30. The fourth-order valence-electron chi connectivity index (χ4n) is 1.96. The number of aryl methyl sites for hydroxylation is 1.